The van der Waals surface area contributed by atoms with E-state index >= 15 is 0 Å². The molecular formula is C14H20ClFN2. The predicted molar refractivity (Wildman–Crippen MR) is 73.3 cm³/mol. The predicted octanol–water partition coefficient (Wildman–Crippen LogP) is 2.91. The van der Waals surface area contributed by atoms with Gasteiger partial charge in [-0.1, -0.05) is 23.7 Å². The van der Waals surface area contributed by atoms with Crippen molar-refractivity contribution in [3.63, 3.8) is 0 Å². The Morgan fingerprint density at radius 1 is 1.39 bits per heavy atom. The van der Waals surface area contributed by atoms with Crippen LogP contribution in [0.1, 0.15) is 18.4 Å². The Balaban J connectivity index is 1.90. The van der Waals surface area contributed by atoms with Crippen molar-refractivity contribution in [2.24, 2.45) is 5.92 Å². The second-order valence-electron chi connectivity index (χ2n) is 4.99. The molecule has 1 N–H and O–H groups in total. The Morgan fingerprint density at radius 3 is 2.78 bits per heavy atom. The Bertz CT molecular complexity index is 389. The van der Waals surface area contributed by atoms with E-state index in [1.807, 2.05) is 13.1 Å². The largest absolute Gasteiger partial charge is 0.319 e. The first-order valence-corrected chi connectivity index (χ1v) is 6.88. The van der Waals surface area contributed by atoms with E-state index in [4.69, 9.17) is 11.6 Å². The molecule has 1 fully saturated rings. The molecule has 0 aromatic heterocycles. The summed E-state index contributed by atoms with van der Waals surface area (Å²) in [6, 6.07) is 5.04. The number of halogens is 2. The highest BCUT2D eigenvalue weighted by Crippen LogP contribution is 2.23. The summed E-state index contributed by atoms with van der Waals surface area (Å²) in [6.07, 6.45) is 2.40. The molecule has 0 unspecified atom stereocenters. The van der Waals surface area contributed by atoms with Gasteiger partial charge in [0.25, 0.3) is 0 Å². The molecule has 2 nitrogen and oxygen atoms in total. The van der Waals surface area contributed by atoms with Gasteiger partial charge < -0.3 is 5.32 Å². The second kappa shape index (κ2) is 6.50. The molecule has 0 saturated carbocycles. The van der Waals surface area contributed by atoms with Crippen molar-refractivity contribution >= 4 is 11.6 Å². The van der Waals surface area contributed by atoms with Crippen molar-refractivity contribution in [2.45, 2.75) is 19.4 Å². The maximum absolute atomic E-state index is 13.3. The molecule has 1 aliphatic heterocycles. The third kappa shape index (κ3) is 3.44. The molecule has 0 atom stereocenters. The molecule has 0 aliphatic carbocycles. The van der Waals surface area contributed by atoms with Crippen LogP contribution in [-0.4, -0.2) is 31.6 Å². The lowest BCUT2D eigenvalue weighted by Crippen LogP contribution is -2.36. The van der Waals surface area contributed by atoms with Crippen molar-refractivity contribution in [2.75, 3.05) is 26.7 Å². The summed E-state index contributed by atoms with van der Waals surface area (Å²) in [5, 5.41) is 3.50. The van der Waals surface area contributed by atoms with Crippen LogP contribution in [0.25, 0.3) is 0 Å². The minimum Gasteiger partial charge on any atom is -0.319 e. The van der Waals surface area contributed by atoms with Crippen LogP contribution in [0.5, 0.6) is 0 Å². The zero-order chi connectivity index (χ0) is 13.0. The van der Waals surface area contributed by atoms with E-state index < -0.39 is 0 Å². The van der Waals surface area contributed by atoms with Crippen molar-refractivity contribution < 1.29 is 4.39 Å². The van der Waals surface area contributed by atoms with Crippen molar-refractivity contribution in [1.29, 1.82) is 0 Å². The molecule has 18 heavy (non-hydrogen) atoms. The fourth-order valence-corrected chi connectivity index (χ4v) is 2.73. The number of nitrogens with one attached hydrogen (secondary N) is 1. The Morgan fingerprint density at radius 2 is 2.11 bits per heavy atom. The van der Waals surface area contributed by atoms with Crippen LogP contribution in [0.4, 0.5) is 4.39 Å². The van der Waals surface area contributed by atoms with E-state index in [2.05, 4.69) is 10.2 Å². The Labute approximate surface area is 113 Å². The highest BCUT2D eigenvalue weighted by molar-refractivity contribution is 6.31. The minimum absolute atomic E-state index is 0.273. The quantitative estimate of drug-likeness (QED) is 0.905. The van der Waals surface area contributed by atoms with E-state index in [9.17, 15) is 4.39 Å². The topological polar surface area (TPSA) is 15.3 Å². The molecular weight excluding hydrogens is 251 g/mol. The second-order valence-corrected chi connectivity index (χ2v) is 5.37. The van der Waals surface area contributed by atoms with E-state index in [1.54, 1.807) is 6.07 Å². The van der Waals surface area contributed by atoms with E-state index in [0.29, 0.717) is 0 Å². The molecule has 1 heterocycles. The monoisotopic (exact) mass is 270 g/mol. The first-order chi connectivity index (χ1) is 8.70. The molecule has 0 amide bonds. The van der Waals surface area contributed by atoms with Crippen LogP contribution in [0, 0.1) is 11.7 Å². The number of hydrogen-bond donors (Lipinski definition) is 1. The maximum atomic E-state index is 13.3. The molecule has 0 radical (unpaired) electrons. The zero-order valence-corrected chi connectivity index (χ0v) is 11.5. The normalized spacial score (nSPS) is 18.2. The molecule has 2 rings (SSSR count). The summed E-state index contributed by atoms with van der Waals surface area (Å²) in [5.74, 6) is 0.452. The van der Waals surface area contributed by atoms with Gasteiger partial charge in [0, 0.05) is 6.54 Å². The third-order valence-corrected chi connectivity index (χ3v) is 4.05. The SMILES string of the molecule is CNCC1CCN(Cc2cccc(F)c2Cl)CC1. The molecule has 1 aromatic carbocycles. The van der Waals surface area contributed by atoms with Crippen LogP contribution in [0.2, 0.25) is 5.02 Å². The van der Waals surface area contributed by atoms with Crippen LogP contribution < -0.4 is 5.32 Å². The summed E-state index contributed by atoms with van der Waals surface area (Å²) < 4.78 is 13.3. The summed E-state index contributed by atoms with van der Waals surface area (Å²) >= 11 is 5.98. The highest BCUT2D eigenvalue weighted by atomic mass is 35.5. The van der Waals surface area contributed by atoms with E-state index in [0.717, 1.165) is 37.7 Å². The number of likely N-dealkylation sites (tertiary alicyclic amines) is 1. The molecule has 1 saturated heterocycles. The van der Waals surface area contributed by atoms with Gasteiger partial charge in [-0.05, 0) is 57.1 Å². The fraction of sp³-hybridized carbons (Fsp3) is 0.571. The maximum Gasteiger partial charge on any atom is 0.142 e. The van der Waals surface area contributed by atoms with Crippen LogP contribution in [0.15, 0.2) is 18.2 Å². The highest BCUT2D eigenvalue weighted by Gasteiger charge is 2.19. The van der Waals surface area contributed by atoms with Crippen LogP contribution in [0.3, 0.4) is 0 Å². The summed E-state index contributed by atoms with van der Waals surface area (Å²) in [6.45, 7) is 3.98. The molecule has 4 heteroatoms. The summed E-state index contributed by atoms with van der Waals surface area (Å²) in [7, 11) is 2.00. The fourth-order valence-electron chi connectivity index (χ4n) is 2.55. The average Bonchev–Trinajstić information content (AvgIpc) is 2.38. The lowest BCUT2D eigenvalue weighted by atomic mass is 9.96. The first kappa shape index (κ1) is 13.8. The van der Waals surface area contributed by atoms with E-state index in [1.165, 1.54) is 18.9 Å². The molecule has 0 bridgehead atoms. The number of nitrogens with zero attached hydrogens (tertiary/aromatic N) is 1. The van der Waals surface area contributed by atoms with Gasteiger partial charge in [-0.3, -0.25) is 4.90 Å². The van der Waals surface area contributed by atoms with Crippen molar-refractivity contribution in [1.82, 2.24) is 10.2 Å². The zero-order valence-electron chi connectivity index (χ0n) is 10.8. The smallest absolute Gasteiger partial charge is 0.142 e. The Hall–Kier alpha value is -0.640. The van der Waals surface area contributed by atoms with Gasteiger partial charge in [-0.2, -0.15) is 0 Å². The Kier molecular flexibility index (Phi) is 4.98. The lowest BCUT2D eigenvalue weighted by Gasteiger charge is -2.32. The van der Waals surface area contributed by atoms with Gasteiger partial charge in [0.15, 0.2) is 0 Å². The van der Waals surface area contributed by atoms with Gasteiger partial charge >= 0.3 is 0 Å². The van der Waals surface area contributed by atoms with E-state index in [-0.39, 0.29) is 10.8 Å². The molecule has 1 aromatic rings. The van der Waals surface area contributed by atoms with Crippen LogP contribution in [-0.2, 0) is 6.54 Å². The summed E-state index contributed by atoms with van der Waals surface area (Å²) in [4.78, 5) is 2.35. The molecule has 100 valence electrons. The number of benzene rings is 1. The number of hydrogen-bond acceptors (Lipinski definition) is 2. The van der Waals surface area contributed by atoms with Crippen molar-refractivity contribution in [3.8, 4) is 0 Å². The average molecular weight is 271 g/mol. The third-order valence-electron chi connectivity index (χ3n) is 3.63. The number of piperidine rings is 1. The standard InChI is InChI=1S/C14H20ClFN2/c1-17-9-11-5-7-18(8-6-11)10-12-3-2-4-13(16)14(12)15/h2-4,11,17H,5-10H2,1H3. The van der Waals surface area contributed by atoms with Crippen molar-refractivity contribution in [3.05, 3.63) is 34.6 Å². The van der Waals surface area contributed by atoms with Crippen LogP contribution >= 0.6 is 11.6 Å². The lowest BCUT2D eigenvalue weighted by molar-refractivity contribution is 0.176. The van der Waals surface area contributed by atoms with Gasteiger partial charge in [-0.25, -0.2) is 4.39 Å². The van der Waals surface area contributed by atoms with Gasteiger partial charge in [0.05, 0.1) is 5.02 Å². The van der Waals surface area contributed by atoms with Gasteiger partial charge in [-0.15, -0.1) is 0 Å². The summed E-state index contributed by atoms with van der Waals surface area (Å²) in [5.41, 5.74) is 0.892. The molecule has 0 spiro atoms. The number of rotatable bonds is 4. The van der Waals surface area contributed by atoms with Gasteiger partial charge in [0.1, 0.15) is 5.82 Å². The first-order valence-electron chi connectivity index (χ1n) is 6.50. The molecule has 1 aliphatic rings. The minimum atomic E-state index is -0.320. The van der Waals surface area contributed by atoms with Gasteiger partial charge in [0.2, 0.25) is 0 Å².